The van der Waals surface area contributed by atoms with Crippen molar-refractivity contribution in [3.05, 3.63) is 81.9 Å². The van der Waals surface area contributed by atoms with Gasteiger partial charge in [-0.15, -0.1) is 68.1 Å². The molecule has 4 rings (SSSR count). The van der Waals surface area contributed by atoms with Crippen molar-refractivity contribution in [3.8, 4) is 0 Å². The molecule has 0 aliphatic heterocycles. The van der Waals surface area contributed by atoms with Gasteiger partial charge in [-0.25, -0.2) is 0 Å². The quantitative estimate of drug-likeness (QED) is 0.277. The zero-order valence-electron chi connectivity index (χ0n) is 16.1. The largest absolute Gasteiger partial charge is 2.00 e. The van der Waals surface area contributed by atoms with Crippen LogP contribution < -0.4 is 0 Å². The van der Waals surface area contributed by atoms with Crippen LogP contribution in [0.3, 0.4) is 0 Å². The molecule has 4 aromatic carbocycles. The molecule has 4 aromatic rings. The average molecular weight is 406 g/mol. The molecule has 0 saturated heterocycles. The molecule has 0 aromatic heterocycles. The second kappa shape index (κ2) is 7.83. The van der Waals surface area contributed by atoms with Gasteiger partial charge in [0.25, 0.3) is 0 Å². The van der Waals surface area contributed by atoms with Gasteiger partial charge in [0, 0.05) is 0 Å². The van der Waals surface area contributed by atoms with Gasteiger partial charge in [-0.2, -0.15) is 12.1 Å². The third-order valence-corrected chi connectivity index (χ3v) is 4.93. The van der Waals surface area contributed by atoms with Crippen LogP contribution in [-0.2, 0) is 26.2 Å². The predicted octanol–water partition coefficient (Wildman–Crippen LogP) is 6.97. The summed E-state index contributed by atoms with van der Waals surface area (Å²) in [4.78, 5) is 0. The van der Waals surface area contributed by atoms with Gasteiger partial charge in [-0.3, -0.25) is 0 Å². The first-order valence-electron chi connectivity index (χ1n) is 8.63. The van der Waals surface area contributed by atoms with Crippen molar-refractivity contribution < 1.29 is 26.2 Å². The normalized spacial score (nSPS) is 10.5. The third-order valence-electron chi connectivity index (χ3n) is 4.93. The van der Waals surface area contributed by atoms with Crippen molar-refractivity contribution in [3.63, 3.8) is 0 Å². The van der Waals surface area contributed by atoms with Crippen molar-refractivity contribution in [2.45, 2.75) is 41.5 Å². The van der Waals surface area contributed by atoms with E-state index in [1.807, 2.05) is 0 Å². The first-order chi connectivity index (χ1) is 11.4. The second-order valence-corrected chi connectivity index (χ2v) is 7.12. The monoisotopic (exact) mass is 404 g/mol. The molecule has 25 heavy (non-hydrogen) atoms. The fourth-order valence-corrected chi connectivity index (χ4v) is 3.47. The Kier molecular flexibility index (Phi) is 6.22. The number of rotatable bonds is 0. The summed E-state index contributed by atoms with van der Waals surface area (Å²) in [5.74, 6) is 0. The van der Waals surface area contributed by atoms with E-state index in [1.54, 1.807) is 0 Å². The van der Waals surface area contributed by atoms with E-state index in [9.17, 15) is 0 Å². The summed E-state index contributed by atoms with van der Waals surface area (Å²) in [5, 5.41) is 5.64. The number of fused-ring (bicyclic) bond motifs is 2. The van der Waals surface area contributed by atoms with Gasteiger partial charge < -0.3 is 0 Å². The summed E-state index contributed by atoms with van der Waals surface area (Å²) in [6, 6.07) is 17.8. The van der Waals surface area contributed by atoms with Crippen molar-refractivity contribution >= 4 is 21.5 Å². The predicted molar refractivity (Wildman–Crippen MR) is 108 cm³/mol. The maximum atomic E-state index is 2.26. The number of benzene rings is 2. The minimum absolute atomic E-state index is 0. The minimum Gasteiger partial charge on any atom is -0.165 e. The van der Waals surface area contributed by atoms with Gasteiger partial charge in [0.2, 0.25) is 0 Å². The van der Waals surface area contributed by atoms with Crippen LogP contribution in [0.2, 0.25) is 0 Å². The van der Waals surface area contributed by atoms with Crippen LogP contribution >= 0.6 is 0 Å². The number of aryl methyl sites for hydroxylation is 6. The Morgan fingerprint density at radius 1 is 0.520 bits per heavy atom. The number of hydrogen-bond acceptors (Lipinski definition) is 0. The van der Waals surface area contributed by atoms with E-state index in [2.05, 4.69) is 90.1 Å². The van der Waals surface area contributed by atoms with Crippen LogP contribution in [0, 0.1) is 41.5 Å². The SMILES string of the molecule is Cc1cc2c(C)ccc(C)c2[cH-]1.Cc1cc2c(C)ccc(C)c2[cH-]1.[Zr+2]. The van der Waals surface area contributed by atoms with Crippen molar-refractivity contribution in [2.75, 3.05) is 0 Å². The van der Waals surface area contributed by atoms with Gasteiger partial charge >= 0.3 is 26.2 Å². The second-order valence-electron chi connectivity index (χ2n) is 7.12. The van der Waals surface area contributed by atoms with Gasteiger partial charge in [0.15, 0.2) is 0 Å². The van der Waals surface area contributed by atoms with E-state index in [0.29, 0.717) is 0 Å². The van der Waals surface area contributed by atoms with Crippen LogP contribution in [0.5, 0.6) is 0 Å². The molecule has 0 bridgehead atoms. The van der Waals surface area contributed by atoms with Crippen molar-refractivity contribution in [1.82, 2.24) is 0 Å². The Balaban J connectivity index is 0.000000173. The molecule has 1 heteroatoms. The van der Waals surface area contributed by atoms with Gasteiger partial charge in [0.05, 0.1) is 0 Å². The smallest absolute Gasteiger partial charge is 0.165 e. The first kappa shape index (κ1) is 19.9. The summed E-state index contributed by atoms with van der Waals surface area (Å²) in [6.07, 6.45) is 0. The van der Waals surface area contributed by atoms with E-state index in [0.717, 1.165) is 0 Å². The van der Waals surface area contributed by atoms with Crippen LogP contribution in [0.4, 0.5) is 0 Å². The van der Waals surface area contributed by atoms with Crippen LogP contribution in [0.25, 0.3) is 21.5 Å². The molecule has 0 fully saturated rings. The topological polar surface area (TPSA) is 0 Å². The van der Waals surface area contributed by atoms with Crippen LogP contribution in [-0.4, -0.2) is 0 Å². The van der Waals surface area contributed by atoms with Crippen LogP contribution in [0.15, 0.2) is 48.5 Å². The Hall–Kier alpha value is -1.46. The third kappa shape index (κ3) is 4.04. The van der Waals surface area contributed by atoms with E-state index in [1.165, 1.54) is 54.9 Å². The average Bonchev–Trinajstić information content (AvgIpc) is 3.12. The summed E-state index contributed by atoms with van der Waals surface area (Å²) >= 11 is 0. The van der Waals surface area contributed by atoms with E-state index >= 15 is 0 Å². The summed E-state index contributed by atoms with van der Waals surface area (Å²) in [5.41, 5.74) is 8.24. The Labute approximate surface area is 170 Å². The van der Waals surface area contributed by atoms with E-state index < -0.39 is 0 Å². The molecular weight excluding hydrogens is 379 g/mol. The molecule has 0 unspecified atom stereocenters. The molecule has 0 saturated carbocycles. The molecule has 0 aliphatic carbocycles. The van der Waals surface area contributed by atoms with E-state index in [-0.39, 0.29) is 26.2 Å². The van der Waals surface area contributed by atoms with E-state index in [4.69, 9.17) is 0 Å². The maximum Gasteiger partial charge on any atom is 2.00 e. The molecule has 0 spiro atoms. The Morgan fingerprint density at radius 3 is 1.16 bits per heavy atom. The van der Waals surface area contributed by atoms with Crippen LogP contribution in [0.1, 0.15) is 33.4 Å². The zero-order chi connectivity index (χ0) is 17.4. The van der Waals surface area contributed by atoms with Gasteiger partial charge in [-0.05, 0) is 13.8 Å². The van der Waals surface area contributed by atoms with Gasteiger partial charge in [0.1, 0.15) is 0 Å². The van der Waals surface area contributed by atoms with Crippen molar-refractivity contribution in [2.24, 2.45) is 0 Å². The number of hydrogen-bond donors (Lipinski definition) is 0. The minimum atomic E-state index is 0. The maximum absolute atomic E-state index is 2.26. The molecule has 0 aliphatic rings. The summed E-state index contributed by atoms with van der Waals surface area (Å²) < 4.78 is 0. The molecule has 126 valence electrons. The molecule has 0 N–H and O–H groups in total. The molecule has 0 amide bonds. The fraction of sp³-hybridized carbons (Fsp3) is 0.250. The summed E-state index contributed by atoms with van der Waals surface area (Å²) in [7, 11) is 0. The Morgan fingerprint density at radius 2 is 0.840 bits per heavy atom. The Bertz CT molecular complexity index is 850. The molecule has 0 nitrogen and oxygen atoms in total. The van der Waals surface area contributed by atoms with Gasteiger partial charge in [-0.1, -0.05) is 51.0 Å². The molecule has 0 heterocycles. The molecule has 0 radical (unpaired) electrons. The first-order valence-corrected chi connectivity index (χ1v) is 8.63. The summed E-state index contributed by atoms with van der Waals surface area (Å²) in [6.45, 7) is 13.0. The standard InChI is InChI=1S/2C12H13.Zr/c2*1-8-6-11-9(2)4-5-10(3)12(11)7-8;/h2*4-7H,1-3H3;/q2*-1;+2. The zero-order valence-corrected chi connectivity index (χ0v) is 18.6. The fourth-order valence-electron chi connectivity index (χ4n) is 3.47. The molecular formula is C24H26Zr. The molecule has 0 atom stereocenters. The van der Waals surface area contributed by atoms with Crippen molar-refractivity contribution in [1.29, 1.82) is 0 Å².